The van der Waals surface area contributed by atoms with Gasteiger partial charge in [-0.3, -0.25) is 0 Å². The van der Waals surface area contributed by atoms with Gasteiger partial charge in [0.1, 0.15) is 4.90 Å². The van der Waals surface area contributed by atoms with Gasteiger partial charge >= 0.3 is 0 Å². The van der Waals surface area contributed by atoms with E-state index >= 15 is 0 Å². The van der Waals surface area contributed by atoms with Crippen LogP contribution in [0.3, 0.4) is 0 Å². The van der Waals surface area contributed by atoms with Gasteiger partial charge in [0.05, 0.1) is 11.1 Å². The standard InChI is InChI=1S/C11H13Cl2NO3S/c1-7(2)17-8(3)14-18(15,16)11-6-9(12)4-5-10(11)13/h4-7H,1-3H3. The molecule has 4 nitrogen and oxygen atoms in total. The third-order valence-electron chi connectivity index (χ3n) is 1.83. The molecule has 100 valence electrons. The average Bonchev–Trinajstić information content (AvgIpc) is 2.19. The maximum absolute atomic E-state index is 12.0. The topological polar surface area (TPSA) is 55.7 Å². The minimum atomic E-state index is -3.91. The van der Waals surface area contributed by atoms with E-state index < -0.39 is 10.0 Å². The molecule has 7 heteroatoms. The lowest BCUT2D eigenvalue weighted by Crippen LogP contribution is -2.11. The van der Waals surface area contributed by atoms with Crippen molar-refractivity contribution in [2.24, 2.45) is 4.40 Å². The number of hydrogen-bond donors (Lipinski definition) is 0. The van der Waals surface area contributed by atoms with Crippen LogP contribution in [0.5, 0.6) is 0 Å². The molecule has 1 aromatic rings. The second-order valence-electron chi connectivity index (χ2n) is 3.83. The molecule has 0 fully saturated rings. The summed E-state index contributed by atoms with van der Waals surface area (Å²) in [5.74, 6) is 0.0565. The first kappa shape index (κ1) is 15.3. The SMILES string of the molecule is CC(=NS(=O)(=O)c1cc(Cl)ccc1Cl)OC(C)C. The molecule has 0 saturated heterocycles. The fraction of sp³-hybridized carbons (Fsp3) is 0.364. The van der Waals surface area contributed by atoms with E-state index in [1.165, 1.54) is 25.1 Å². The third-order valence-corrected chi connectivity index (χ3v) is 3.89. The van der Waals surface area contributed by atoms with E-state index in [1.807, 2.05) is 0 Å². The molecule has 0 unspecified atom stereocenters. The minimum absolute atomic E-state index is 0.0565. The van der Waals surface area contributed by atoms with Crippen LogP contribution in [0.15, 0.2) is 27.5 Å². The molecular formula is C11H13Cl2NO3S. The summed E-state index contributed by atoms with van der Waals surface area (Å²) in [6.07, 6.45) is -0.154. The Labute approximate surface area is 117 Å². The van der Waals surface area contributed by atoms with Gasteiger partial charge < -0.3 is 4.74 Å². The lowest BCUT2D eigenvalue weighted by Gasteiger charge is -2.09. The lowest BCUT2D eigenvalue weighted by molar-refractivity contribution is 0.227. The van der Waals surface area contributed by atoms with Crippen molar-refractivity contribution in [1.82, 2.24) is 0 Å². The van der Waals surface area contributed by atoms with Gasteiger partial charge in [-0.25, -0.2) is 0 Å². The molecule has 1 aromatic carbocycles. The van der Waals surface area contributed by atoms with Crippen LogP contribution in [0.2, 0.25) is 10.0 Å². The summed E-state index contributed by atoms with van der Waals surface area (Å²) < 4.78 is 32.7. The fourth-order valence-corrected chi connectivity index (χ4v) is 2.97. The highest BCUT2D eigenvalue weighted by atomic mass is 35.5. The number of nitrogens with zero attached hydrogens (tertiary/aromatic N) is 1. The zero-order valence-corrected chi connectivity index (χ0v) is 12.5. The van der Waals surface area contributed by atoms with Crippen LogP contribution in [0.4, 0.5) is 0 Å². The predicted molar refractivity (Wildman–Crippen MR) is 73.0 cm³/mol. The van der Waals surface area contributed by atoms with E-state index in [-0.39, 0.29) is 26.9 Å². The van der Waals surface area contributed by atoms with Crippen molar-refractivity contribution < 1.29 is 13.2 Å². The Morgan fingerprint density at radius 2 is 1.94 bits per heavy atom. The highest BCUT2D eigenvalue weighted by molar-refractivity contribution is 7.90. The molecular weight excluding hydrogens is 297 g/mol. The van der Waals surface area contributed by atoms with Crippen LogP contribution in [-0.2, 0) is 14.8 Å². The van der Waals surface area contributed by atoms with Gasteiger partial charge in [0.2, 0.25) is 0 Å². The maximum atomic E-state index is 12.0. The predicted octanol–water partition coefficient (Wildman–Crippen LogP) is 3.53. The van der Waals surface area contributed by atoms with Gasteiger partial charge in [-0.15, -0.1) is 4.40 Å². The van der Waals surface area contributed by atoms with Crippen molar-refractivity contribution in [3.8, 4) is 0 Å². The Bertz CT molecular complexity index is 568. The Kier molecular flexibility index (Phi) is 5.01. The lowest BCUT2D eigenvalue weighted by atomic mass is 10.4. The molecule has 0 aliphatic heterocycles. The summed E-state index contributed by atoms with van der Waals surface area (Å²) in [7, 11) is -3.91. The molecule has 1 rings (SSSR count). The average molecular weight is 310 g/mol. The zero-order valence-electron chi connectivity index (χ0n) is 10.1. The van der Waals surface area contributed by atoms with Crippen molar-refractivity contribution >= 4 is 39.1 Å². The van der Waals surface area contributed by atoms with E-state index in [4.69, 9.17) is 27.9 Å². The van der Waals surface area contributed by atoms with Crippen LogP contribution in [-0.4, -0.2) is 20.4 Å². The Morgan fingerprint density at radius 1 is 1.33 bits per heavy atom. The Morgan fingerprint density at radius 3 is 2.50 bits per heavy atom. The molecule has 0 aliphatic rings. The second kappa shape index (κ2) is 5.91. The van der Waals surface area contributed by atoms with E-state index in [0.717, 1.165) is 0 Å². The van der Waals surface area contributed by atoms with E-state index in [0.29, 0.717) is 0 Å². The molecule has 0 aliphatic carbocycles. The number of rotatable bonds is 3. The first-order valence-electron chi connectivity index (χ1n) is 5.15. The van der Waals surface area contributed by atoms with Crippen LogP contribution in [0.25, 0.3) is 0 Å². The molecule has 0 atom stereocenters. The second-order valence-corrected chi connectivity index (χ2v) is 6.24. The van der Waals surface area contributed by atoms with Gasteiger partial charge in [-0.05, 0) is 32.0 Å². The summed E-state index contributed by atoms with van der Waals surface area (Å²) in [5.41, 5.74) is 0. The van der Waals surface area contributed by atoms with Crippen molar-refractivity contribution in [1.29, 1.82) is 0 Å². The monoisotopic (exact) mass is 309 g/mol. The number of hydrogen-bond acceptors (Lipinski definition) is 3. The summed E-state index contributed by atoms with van der Waals surface area (Å²) >= 11 is 11.6. The molecule has 0 N–H and O–H groups in total. The normalized spacial score (nSPS) is 12.9. The minimum Gasteiger partial charge on any atom is -0.478 e. The Hall–Kier alpha value is -0.780. The van der Waals surface area contributed by atoms with Gasteiger partial charge in [-0.2, -0.15) is 8.42 Å². The Balaban J connectivity index is 3.18. The van der Waals surface area contributed by atoms with Crippen molar-refractivity contribution in [3.63, 3.8) is 0 Å². The molecule has 0 spiro atoms. The summed E-state index contributed by atoms with van der Waals surface area (Å²) in [4.78, 5) is -0.136. The highest BCUT2D eigenvalue weighted by Gasteiger charge is 2.18. The molecule has 18 heavy (non-hydrogen) atoms. The van der Waals surface area contributed by atoms with Crippen LogP contribution < -0.4 is 0 Å². The van der Waals surface area contributed by atoms with Crippen LogP contribution >= 0.6 is 23.2 Å². The van der Waals surface area contributed by atoms with Gasteiger partial charge in [0, 0.05) is 11.9 Å². The number of sulfonamides is 1. The fourth-order valence-electron chi connectivity index (χ4n) is 1.26. The summed E-state index contributed by atoms with van der Waals surface area (Å²) in [5, 5.41) is 0.344. The van der Waals surface area contributed by atoms with E-state index in [2.05, 4.69) is 4.40 Å². The first-order valence-corrected chi connectivity index (χ1v) is 7.35. The van der Waals surface area contributed by atoms with E-state index in [1.54, 1.807) is 13.8 Å². The molecule has 0 bridgehead atoms. The molecule has 0 heterocycles. The van der Waals surface area contributed by atoms with Crippen molar-refractivity contribution in [2.75, 3.05) is 0 Å². The van der Waals surface area contributed by atoms with Crippen LogP contribution in [0.1, 0.15) is 20.8 Å². The number of benzene rings is 1. The largest absolute Gasteiger partial charge is 0.478 e. The maximum Gasteiger partial charge on any atom is 0.286 e. The highest BCUT2D eigenvalue weighted by Crippen LogP contribution is 2.26. The first-order chi connectivity index (χ1) is 8.22. The molecule has 0 saturated carbocycles. The van der Waals surface area contributed by atoms with Crippen LogP contribution in [0, 0.1) is 0 Å². The smallest absolute Gasteiger partial charge is 0.286 e. The summed E-state index contributed by atoms with van der Waals surface area (Å²) in [6.45, 7) is 5.02. The van der Waals surface area contributed by atoms with E-state index in [9.17, 15) is 8.42 Å². The van der Waals surface area contributed by atoms with Gasteiger partial charge in [-0.1, -0.05) is 23.2 Å². The summed E-state index contributed by atoms with van der Waals surface area (Å²) in [6, 6.07) is 4.17. The van der Waals surface area contributed by atoms with Crippen molar-refractivity contribution in [3.05, 3.63) is 28.2 Å². The molecule has 0 radical (unpaired) electrons. The van der Waals surface area contributed by atoms with Gasteiger partial charge in [0.15, 0.2) is 5.90 Å². The molecule has 0 aromatic heterocycles. The number of ether oxygens (including phenoxy) is 1. The number of halogens is 2. The van der Waals surface area contributed by atoms with Gasteiger partial charge in [0.25, 0.3) is 10.0 Å². The quantitative estimate of drug-likeness (QED) is 0.634. The zero-order chi connectivity index (χ0) is 13.9. The van der Waals surface area contributed by atoms with Crippen molar-refractivity contribution in [2.45, 2.75) is 31.8 Å². The molecule has 0 amide bonds. The third kappa shape index (κ3) is 4.15.